The molecule has 0 atom stereocenters. The first-order valence-corrected chi connectivity index (χ1v) is 6.61. The fourth-order valence-electron chi connectivity index (χ4n) is 1.85. The van der Waals surface area contributed by atoms with Gasteiger partial charge in [-0.15, -0.1) is 0 Å². The van der Waals surface area contributed by atoms with E-state index in [-0.39, 0.29) is 0 Å². The Morgan fingerprint density at radius 2 is 2.06 bits per heavy atom. The predicted octanol–water partition coefficient (Wildman–Crippen LogP) is 2.89. The van der Waals surface area contributed by atoms with Crippen LogP contribution in [0.2, 0.25) is 5.02 Å². The number of imidazole rings is 1. The van der Waals surface area contributed by atoms with Gasteiger partial charge in [-0.3, -0.25) is 0 Å². The van der Waals surface area contributed by atoms with Gasteiger partial charge in [0, 0.05) is 24.3 Å². The standard InChI is InChI=1S/C14H18ClN3/c1-2-16-9-14-10-17-11-18(14)8-7-12-3-5-13(15)6-4-12/h3-6,10-11,16H,2,7-9H2,1H3. The summed E-state index contributed by atoms with van der Waals surface area (Å²) in [6.07, 6.45) is 4.81. The molecule has 4 heteroatoms. The Bertz CT molecular complexity index is 476. The Labute approximate surface area is 113 Å². The third-order valence-corrected chi connectivity index (χ3v) is 3.16. The monoisotopic (exact) mass is 263 g/mol. The molecule has 3 nitrogen and oxygen atoms in total. The Kier molecular flexibility index (Phi) is 4.79. The highest BCUT2D eigenvalue weighted by Crippen LogP contribution is 2.11. The number of hydrogen-bond donors (Lipinski definition) is 1. The summed E-state index contributed by atoms with van der Waals surface area (Å²) in [6.45, 7) is 4.90. The molecule has 2 rings (SSSR count). The summed E-state index contributed by atoms with van der Waals surface area (Å²) in [5.41, 5.74) is 2.52. The average Bonchev–Trinajstić information content (AvgIpc) is 2.83. The normalized spacial score (nSPS) is 10.8. The van der Waals surface area contributed by atoms with Crippen LogP contribution in [0.15, 0.2) is 36.8 Å². The molecule has 18 heavy (non-hydrogen) atoms. The summed E-state index contributed by atoms with van der Waals surface area (Å²) in [5.74, 6) is 0. The molecule has 0 spiro atoms. The maximum atomic E-state index is 5.87. The van der Waals surface area contributed by atoms with Crippen molar-refractivity contribution >= 4 is 11.6 Å². The van der Waals surface area contributed by atoms with Crippen LogP contribution in [-0.2, 0) is 19.5 Å². The fourth-order valence-corrected chi connectivity index (χ4v) is 1.98. The molecule has 0 aliphatic carbocycles. The molecule has 0 unspecified atom stereocenters. The molecule has 1 aromatic carbocycles. The third-order valence-electron chi connectivity index (χ3n) is 2.91. The minimum atomic E-state index is 0.786. The zero-order chi connectivity index (χ0) is 12.8. The van der Waals surface area contributed by atoms with Gasteiger partial charge in [-0.2, -0.15) is 0 Å². The van der Waals surface area contributed by atoms with E-state index in [1.54, 1.807) is 0 Å². The molecule has 1 heterocycles. The lowest BCUT2D eigenvalue weighted by atomic mass is 10.1. The Balaban J connectivity index is 1.93. The van der Waals surface area contributed by atoms with Crippen LogP contribution in [0, 0.1) is 0 Å². The van der Waals surface area contributed by atoms with Crippen LogP contribution in [0.25, 0.3) is 0 Å². The minimum Gasteiger partial charge on any atom is -0.333 e. The van der Waals surface area contributed by atoms with Gasteiger partial charge in [-0.1, -0.05) is 30.7 Å². The van der Waals surface area contributed by atoms with Crippen molar-refractivity contribution in [1.82, 2.24) is 14.9 Å². The van der Waals surface area contributed by atoms with Crippen LogP contribution in [0.3, 0.4) is 0 Å². The molecule has 0 amide bonds. The number of rotatable bonds is 6. The molecule has 0 aliphatic rings. The summed E-state index contributed by atoms with van der Waals surface area (Å²) in [5, 5.41) is 4.10. The van der Waals surface area contributed by atoms with Gasteiger partial charge in [0.25, 0.3) is 0 Å². The SMILES string of the molecule is CCNCc1cncn1CCc1ccc(Cl)cc1. The second-order valence-corrected chi connectivity index (χ2v) is 4.67. The van der Waals surface area contributed by atoms with Crippen molar-refractivity contribution in [2.24, 2.45) is 0 Å². The molecular formula is C14H18ClN3. The quantitative estimate of drug-likeness (QED) is 0.869. The van der Waals surface area contributed by atoms with Crippen molar-refractivity contribution in [1.29, 1.82) is 0 Å². The van der Waals surface area contributed by atoms with Crippen LogP contribution in [0.1, 0.15) is 18.2 Å². The lowest BCUT2D eigenvalue weighted by Gasteiger charge is -2.08. The van der Waals surface area contributed by atoms with Gasteiger partial charge >= 0.3 is 0 Å². The average molecular weight is 264 g/mol. The molecule has 0 fully saturated rings. The number of nitrogens with zero attached hydrogens (tertiary/aromatic N) is 2. The first-order valence-electron chi connectivity index (χ1n) is 6.23. The molecule has 0 radical (unpaired) electrons. The van der Waals surface area contributed by atoms with Gasteiger partial charge < -0.3 is 9.88 Å². The summed E-state index contributed by atoms with van der Waals surface area (Å²) >= 11 is 5.87. The molecule has 96 valence electrons. The van der Waals surface area contributed by atoms with E-state index < -0.39 is 0 Å². The van der Waals surface area contributed by atoms with E-state index >= 15 is 0 Å². The van der Waals surface area contributed by atoms with Gasteiger partial charge in [-0.25, -0.2) is 4.98 Å². The molecular weight excluding hydrogens is 246 g/mol. The number of aromatic nitrogens is 2. The zero-order valence-corrected chi connectivity index (χ0v) is 11.3. The number of benzene rings is 1. The second-order valence-electron chi connectivity index (χ2n) is 4.24. The largest absolute Gasteiger partial charge is 0.333 e. The van der Waals surface area contributed by atoms with E-state index in [4.69, 9.17) is 11.6 Å². The maximum absolute atomic E-state index is 5.87. The van der Waals surface area contributed by atoms with E-state index in [0.717, 1.165) is 31.1 Å². The first kappa shape index (κ1) is 13.1. The predicted molar refractivity (Wildman–Crippen MR) is 74.8 cm³/mol. The summed E-state index contributed by atoms with van der Waals surface area (Å²) < 4.78 is 2.19. The van der Waals surface area contributed by atoms with Crippen molar-refractivity contribution in [3.05, 3.63) is 53.1 Å². The molecule has 0 saturated heterocycles. The second kappa shape index (κ2) is 6.57. The zero-order valence-electron chi connectivity index (χ0n) is 10.6. The summed E-state index contributed by atoms with van der Waals surface area (Å²) in [4.78, 5) is 4.20. The van der Waals surface area contributed by atoms with Crippen LogP contribution in [0.5, 0.6) is 0 Å². The highest BCUT2D eigenvalue weighted by Gasteiger charge is 2.01. The van der Waals surface area contributed by atoms with Crippen molar-refractivity contribution in [2.75, 3.05) is 6.54 Å². The highest BCUT2D eigenvalue weighted by atomic mass is 35.5. The Morgan fingerprint density at radius 1 is 1.28 bits per heavy atom. The number of halogens is 1. The van der Waals surface area contributed by atoms with Gasteiger partial charge in [0.05, 0.1) is 12.0 Å². The maximum Gasteiger partial charge on any atom is 0.0948 e. The van der Waals surface area contributed by atoms with Gasteiger partial charge in [0.2, 0.25) is 0 Å². The lowest BCUT2D eigenvalue weighted by molar-refractivity contribution is 0.619. The number of aryl methyl sites for hydroxylation is 2. The van der Waals surface area contributed by atoms with E-state index in [0.29, 0.717) is 0 Å². The Hall–Kier alpha value is -1.32. The van der Waals surface area contributed by atoms with Crippen LogP contribution >= 0.6 is 11.6 Å². The van der Waals surface area contributed by atoms with Crippen molar-refractivity contribution in [3.63, 3.8) is 0 Å². The van der Waals surface area contributed by atoms with Crippen molar-refractivity contribution in [2.45, 2.75) is 26.4 Å². The highest BCUT2D eigenvalue weighted by molar-refractivity contribution is 6.30. The lowest BCUT2D eigenvalue weighted by Crippen LogP contribution is -2.15. The van der Waals surface area contributed by atoms with E-state index in [9.17, 15) is 0 Å². The minimum absolute atomic E-state index is 0.786. The first-order chi connectivity index (χ1) is 8.79. The van der Waals surface area contributed by atoms with Crippen molar-refractivity contribution < 1.29 is 0 Å². The van der Waals surface area contributed by atoms with Crippen molar-refractivity contribution in [3.8, 4) is 0 Å². The van der Waals surface area contributed by atoms with E-state index in [1.807, 2.05) is 24.7 Å². The molecule has 1 aromatic heterocycles. The van der Waals surface area contributed by atoms with E-state index in [1.165, 1.54) is 11.3 Å². The van der Waals surface area contributed by atoms with Gasteiger partial charge in [-0.05, 0) is 30.7 Å². The number of nitrogens with one attached hydrogen (secondary N) is 1. The molecule has 2 aromatic rings. The summed E-state index contributed by atoms with van der Waals surface area (Å²) in [7, 11) is 0. The van der Waals surface area contributed by atoms with Crippen LogP contribution < -0.4 is 5.32 Å². The summed E-state index contributed by atoms with van der Waals surface area (Å²) in [6, 6.07) is 8.02. The Morgan fingerprint density at radius 3 is 2.78 bits per heavy atom. The third kappa shape index (κ3) is 3.59. The fraction of sp³-hybridized carbons (Fsp3) is 0.357. The van der Waals surface area contributed by atoms with Gasteiger partial charge in [0.1, 0.15) is 0 Å². The topological polar surface area (TPSA) is 29.9 Å². The van der Waals surface area contributed by atoms with Crippen LogP contribution in [-0.4, -0.2) is 16.1 Å². The smallest absolute Gasteiger partial charge is 0.0948 e. The number of hydrogen-bond acceptors (Lipinski definition) is 2. The van der Waals surface area contributed by atoms with E-state index in [2.05, 4.69) is 33.9 Å². The van der Waals surface area contributed by atoms with Crippen LogP contribution in [0.4, 0.5) is 0 Å². The molecule has 0 bridgehead atoms. The molecule has 1 N–H and O–H groups in total. The van der Waals surface area contributed by atoms with Gasteiger partial charge in [0.15, 0.2) is 0 Å². The molecule has 0 saturated carbocycles. The molecule has 0 aliphatic heterocycles.